The molecule has 1 aromatic heterocycles. The third kappa shape index (κ3) is 5.43. The number of rotatable bonds is 4. The van der Waals surface area contributed by atoms with Gasteiger partial charge in [-0.1, -0.05) is 11.3 Å². The number of thiazole rings is 1. The quantitative estimate of drug-likeness (QED) is 0.828. The van der Waals surface area contributed by atoms with Crippen LogP contribution >= 0.6 is 11.3 Å². The van der Waals surface area contributed by atoms with Gasteiger partial charge in [0.25, 0.3) is 0 Å². The zero-order valence-corrected chi connectivity index (χ0v) is 9.51. The van der Waals surface area contributed by atoms with Gasteiger partial charge in [0.05, 0.1) is 0 Å². The first-order chi connectivity index (χ1) is 8.26. The Bertz CT molecular complexity index is 482. The van der Waals surface area contributed by atoms with E-state index >= 15 is 0 Å². The van der Waals surface area contributed by atoms with Crippen LogP contribution in [0, 0.1) is 0 Å². The fourth-order valence-corrected chi connectivity index (χ4v) is 1.66. The lowest BCUT2D eigenvalue weighted by Gasteiger charge is -2.04. The van der Waals surface area contributed by atoms with Gasteiger partial charge in [0.1, 0.15) is 6.42 Å². The third-order valence-electron chi connectivity index (χ3n) is 1.52. The molecule has 0 bridgehead atoms. The van der Waals surface area contributed by atoms with E-state index in [2.05, 4.69) is 4.98 Å². The molecule has 2 N–H and O–H groups in total. The summed E-state index contributed by atoms with van der Waals surface area (Å²) in [7, 11) is 0. The third-order valence-corrected chi connectivity index (χ3v) is 2.40. The zero-order valence-electron chi connectivity index (χ0n) is 8.69. The minimum absolute atomic E-state index is 0.0192. The minimum atomic E-state index is -4.58. The van der Waals surface area contributed by atoms with Crippen LogP contribution in [0.1, 0.15) is 11.3 Å². The maximum Gasteiger partial charge on any atom is 0.397 e. The first-order valence-electron chi connectivity index (χ1n) is 4.50. The van der Waals surface area contributed by atoms with Gasteiger partial charge in [0, 0.05) is 17.2 Å². The number of amides is 1. The number of carbonyl (C=O) groups excluding carboxylic acids is 1. The maximum atomic E-state index is 11.9. The van der Waals surface area contributed by atoms with Crippen LogP contribution in [0.2, 0.25) is 0 Å². The second-order valence-corrected chi connectivity index (χ2v) is 4.14. The standard InChI is InChI=1S/C9H7F3N2O3S/c10-9(11,12)3-6(15)14-8-13-4-5(18-8)1-2-7(16)17/h1-2,4H,3H2,(H,16,17)(H,13,14,15). The molecule has 0 aliphatic heterocycles. The van der Waals surface area contributed by atoms with Crippen molar-refractivity contribution in [3.63, 3.8) is 0 Å². The summed E-state index contributed by atoms with van der Waals surface area (Å²) >= 11 is 0.869. The smallest absolute Gasteiger partial charge is 0.397 e. The number of hydrogen-bond acceptors (Lipinski definition) is 4. The van der Waals surface area contributed by atoms with Crippen molar-refractivity contribution in [3.05, 3.63) is 17.2 Å². The lowest BCUT2D eigenvalue weighted by molar-refractivity contribution is -0.150. The fraction of sp³-hybridized carbons (Fsp3) is 0.222. The van der Waals surface area contributed by atoms with Gasteiger partial charge >= 0.3 is 12.1 Å². The Morgan fingerprint density at radius 3 is 2.72 bits per heavy atom. The molecule has 18 heavy (non-hydrogen) atoms. The number of anilines is 1. The number of carboxylic acids is 1. The predicted octanol–water partition coefficient (Wildman–Crippen LogP) is 2.13. The first-order valence-corrected chi connectivity index (χ1v) is 5.31. The number of carboxylic acid groups (broad SMARTS) is 1. The Morgan fingerprint density at radius 1 is 1.50 bits per heavy atom. The molecule has 0 spiro atoms. The second kappa shape index (κ2) is 5.63. The lowest BCUT2D eigenvalue weighted by atomic mass is 10.4. The summed E-state index contributed by atoms with van der Waals surface area (Å²) in [5, 5.41) is 10.3. The van der Waals surface area contributed by atoms with E-state index in [1.54, 1.807) is 0 Å². The summed E-state index contributed by atoms with van der Waals surface area (Å²) < 4.78 is 35.6. The van der Waals surface area contributed by atoms with Gasteiger partial charge < -0.3 is 10.4 Å². The molecule has 1 amide bonds. The molecule has 9 heteroatoms. The molecule has 0 aromatic carbocycles. The number of halogens is 3. The number of hydrogen-bond donors (Lipinski definition) is 2. The van der Waals surface area contributed by atoms with E-state index in [4.69, 9.17) is 5.11 Å². The van der Waals surface area contributed by atoms with Crippen LogP contribution in [0.25, 0.3) is 6.08 Å². The number of alkyl halides is 3. The SMILES string of the molecule is O=C(O)C=Cc1cnc(NC(=O)CC(F)(F)F)s1. The number of nitrogens with zero attached hydrogens (tertiary/aromatic N) is 1. The van der Waals surface area contributed by atoms with Gasteiger partial charge in [-0.2, -0.15) is 13.2 Å². The van der Waals surface area contributed by atoms with Gasteiger partial charge in [0.15, 0.2) is 5.13 Å². The van der Waals surface area contributed by atoms with Crippen molar-refractivity contribution in [2.24, 2.45) is 0 Å². The highest BCUT2D eigenvalue weighted by molar-refractivity contribution is 7.16. The van der Waals surface area contributed by atoms with Crippen LogP contribution in [0.5, 0.6) is 0 Å². The summed E-state index contributed by atoms with van der Waals surface area (Å²) in [4.78, 5) is 25.2. The van der Waals surface area contributed by atoms with Crippen molar-refractivity contribution in [1.29, 1.82) is 0 Å². The molecule has 1 heterocycles. The van der Waals surface area contributed by atoms with Crippen molar-refractivity contribution in [2.75, 3.05) is 5.32 Å². The molecule has 0 saturated carbocycles. The van der Waals surface area contributed by atoms with Crippen LogP contribution < -0.4 is 5.32 Å². The van der Waals surface area contributed by atoms with E-state index in [1.807, 2.05) is 5.32 Å². The Balaban J connectivity index is 2.59. The summed E-state index contributed by atoms with van der Waals surface area (Å²) in [5.74, 6) is -2.38. The molecule has 0 aliphatic rings. The Morgan fingerprint density at radius 2 is 2.17 bits per heavy atom. The van der Waals surface area contributed by atoms with E-state index < -0.39 is 24.5 Å². The average molecular weight is 280 g/mol. The molecule has 0 radical (unpaired) electrons. The lowest BCUT2D eigenvalue weighted by Crippen LogP contribution is -2.20. The number of aromatic nitrogens is 1. The molecule has 5 nitrogen and oxygen atoms in total. The Hall–Kier alpha value is -1.90. The number of carbonyl (C=O) groups is 2. The van der Waals surface area contributed by atoms with Crippen LogP contribution in [-0.2, 0) is 9.59 Å². The molecular formula is C9H7F3N2O3S. The molecule has 98 valence electrons. The second-order valence-electron chi connectivity index (χ2n) is 3.08. The van der Waals surface area contributed by atoms with Crippen molar-refractivity contribution in [1.82, 2.24) is 4.98 Å². The van der Waals surface area contributed by atoms with Gasteiger partial charge in [-0.3, -0.25) is 4.79 Å². The Labute approximate surface area is 103 Å². The topological polar surface area (TPSA) is 79.3 Å². The highest BCUT2D eigenvalue weighted by Crippen LogP contribution is 2.23. The van der Waals surface area contributed by atoms with E-state index in [1.165, 1.54) is 12.3 Å². The van der Waals surface area contributed by atoms with Crippen LogP contribution in [-0.4, -0.2) is 28.1 Å². The van der Waals surface area contributed by atoms with E-state index in [9.17, 15) is 22.8 Å². The van der Waals surface area contributed by atoms with Gasteiger partial charge in [-0.05, 0) is 6.08 Å². The van der Waals surface area contributed by atoms with Gasteiger partial charge in [-0.15, -0.1) is 0 Å². The summed E-state index contributed by atoms with van der Waals surface area (Å²) in [6.07, 6.45) is -2.85. The monoisotopic (exact) mass is 280 g/mol. The Kier molecular flexibility index (Phi) is 4.43. The van der Waals surface area contributed by atoms with Crippen molar-refractivity contribution in [3.8, 4) is 0 Å². The van der Waals surface area contributed by atoms with Crippen LogP contribution in [0.4, 0.5) is 18.3 Å². The summed E-state index contributed by atoms with van der Waals surface area (Å²) in [6, 6.07) is 0. The van der Waals surface area contributed by atoms with Crippen molar-refractivity contribution >= 4 is 34.4 Å². The van der Waals surface area contributed by atoms with Crippen LogP contribution in [0.3, 0.4) is 0 Å². The van der Waals surface area contributed by atoms with Crippen molar-refractivity contribution in [2.45, 2.75) is 12.6 Å². The molecule has 0 fully saturated rings. The van der Waals surface area contributed by atoms with E-state index in [0.717, 1.165) is 17.4 Å². The van der Waals surface area contributed by atoms with E-state index in [-0.39, 0.29) is 5.13 Å². The molecule has 1 rings (SSSR count). The molecular weight excluding hydrogens is 273 g/mol. The molecule has 1 aromatic rings. The average Bonchev–Trinajstić information content (AvgIpc) is 2.59. The molecule has 0 aliphatic carbocycles. The predicted molar refractivity (Wildman–Crippen MR) is 58.1 cm³/mol. The first kappa shape index (κ1) is 14.2. The van der Waals surface area contributed by atoms with Gasteiger partial charge in [0.2, 0.25) is 5.91 Å². The fourth-order valence-electron chi connectivity index (χ4n) is 0.920. The zero-order chi connectivity index (χ0) is 13.8. The molecule has 0 unspecified atom stereocenters. The normalized spacial score (nSPS) is 11.7. The van der Waals surface area contributed by atoms with Crippen molar-refractivity contribution < 1.29 is 27.9 Å². The maximum absolute atomic E-state index is 11.9. The largest absolute Gasteiger partial charge is 0.478 e. The number of nitrogens with one attached hydrogen (secondary N) is 1. The molecule has 0 atom stereocenters. The van der Waals surface area contributed by atoms with Crippen LogP contribution in [0.15, 0.2) is 12.3 Å². The highest BCUT2D eigenvalue weighted by Gasteiger charge is 2.31. The molecule has 0 saturated heterocycles. The summed E-state index contributed by atoms with van der Waals surface area (Å²) in [5.41, 5.74) is 0. The minimum Gasteiger partial charge on any atom is -0.478 e. The number of aliphatic carboxylic acids is 1. The van der Waals surface area contributed by atoms with E-state index in [0.29, 0.717) is 4.88 Å². The summed E-state index contributed by atoms with van der Waals surface area (Å²) in [6.45, 7) is 0. The van der Waals surface area contributed by atoms with Gasteiger partial charge in [-0.25, -0.2) is 9.78 Å². The highest BCUT2D eigenvalue weighted by atomic mass is 32.1.